The van der Waals surface area contributed by atoms with Gasteiger partial charge in [-0.1, -0.05) is 18.0 Å². The second-order valence-electron chi connectivity index (χ2n) is 4.49. The van der Waals surface area contributed by atoms with Crippen molar-refractivity contribution in [2.24, 2.45) is 0 Å². The highest BCUT2D eigenvalue weighted by molar-refractivity contribution is 9.10. The first kappa shape index (κ1) is 13.8. The van der Waals surface area contributed by atoms with Crippen molar-refractivity contribution < 1.29 is 4.79 Å². The first-order valence-electron chi connectivity index (χ1n) is 6.13. The van der Waals surface area contributed by atoms with E-state index in [-0.39, 0.29) is 11.9 Å². The predicted molar refractivity (Wildman–Crippen MR) is 77.1 cm³/mol. The van der Waals surface area contributed by atoms with E-state index in [2.05, 4.69) is 26.6 Å². The molecule has 2 rings (SSSR count). The molecule has 1 fully saturated rings. The Morgan fingerprint density at radius 3 is 3.06 bits per heavy atom. The van der Waals surface area contributed by atoms with Crippen LogP contribution in [0, 0.1) is 0 Å². The number of benzene rings is 1. The molecular formula is C13H16BrClN2O. The molecule has 0 spiro atoms. The Labute approximate surface area is 120 Å². The summed E-state index contributed by atoms with van der Waals surface area (Å²) in [5, 5.41) is 7.01. The van der Waals surface area contributed by atoms with Crippen LogP contribution in [0.5, 0.6) is 0 Å². The average Bonchev–Trinajstić information content (AvgIpc) is 2.57. The molecule has 1 aliphatic rings. The molecule has 2 N–H and O–H groups in total. The molecule has 1 heterocycles. The van der Waals surface area contributed by atoms with Crippen molar-refractivity contribution in [3.05, 3.63) is 33.3 Å². The number of amides is 1. The highest BCUT2D eigenvalue weighted by Gasteiger charge is 2.17. The largest absolute Gasteiger partial charge is 0.348 e. The maximum atomic E-state index is 12.1. The lowest BCUT2D eigenvalue weighted by Gasteiger charge is -2.17. The summed E-state index contributed by atoms with van der Waals surface area (Å²) >= 11 is 9.23. The van der Waals surface area contributed by atoms with Gasteiger partial charge >= 0.3 is 0 Å². The SMILES string of the molecule is O=C(NC1CCCCNC1)c1ccc(Cl)cc1Br. The zero-order valence-corrected chi connectivity index (χ0v) is 12.4. The third-order valence-electron chi connectivity index (χ3n) is 3.06. The Hall–Kier alpha value is -0.580. The minimum Gasteiger partial charge on any atom is -0.348 e. The van der Waals surface area contributed by atoms with E-state index < -0.39 is 0 Å². The third-order valence-corrected chi connectivity index (χ3v) is 3.95. The van der Waals surface area contributed by atoms with E-state index in [4.69, 9.17) is 11.6 Å². The van der Waals surface area contributed by atoms with Crippen molar-refractivity contribution in [3.8, 4) is 0 Å². The van der Waals surface area contributed by atoms with Crippen LogP contribution >= 0.6 is 27.5 Å². The molecule has 3 nitrogen and oxygen atoms in total. The van der Waals surface area contributed by atoms with E-state index in [1.165, 1.54) is 6.42 Å². The maximum absolute atomic E-state index is 12.1. The Kier molecular flexibility index (Phi) is 5.03. The maximum Gasteiger partial charge on any atom is 0.252 e. The van der Waals surface area contributed by atoms with E-state index in [9.17, 15) is 4.79 Å². The summed E-state index contributed by atoms with van der Waals surface area (Å²) in [6.45, 7) is 1.88. The fourth-order valence-electron chi connectivity index (χ4n) is 2.08. The molecule has 1 atom stereocenters. The molecule has 0 radical (unpaired) electrons. The summed E-state index contributed by atoms with van der Waals surface area (Å²) in [5.41, 5.74) is 0.628. The minimum absolute atomic E-state index is 0.0489. The van der Waals surface area contributed by atoms with Crippen LogP contribution in [0.15, 0.2) is 22.7 Å². The number of halogens is 2. The monoisotopic (exact) mass is 330 g/mol. The van der Waals surface area contributed by atoms with Gasteiger partial charge in [0.15, 0.2) is 0 Å². The number of hydrogen-bond donors (Lipinski definition) is 2. The van der Waals surface area contributed by atoms with Gasteiger partial charge in [-0.25, -0.2) is 0 Å². The van der Waals surface area contributed by atoms with Gasteiger partial charge in [-0.05, 0) is 53.5 Å². The number of rotatable bonds is 2. The van der Waals surface area contributed by atoms with E-state index in [1.54, 1.807) is 18.2 Å². The van der Waals surface area contributed by atoms with Crippen molar-refractivity contribution >= 4 is 33.4 Å². The molecule has 0 aliphatic carbocycles. The first-order chi connectivity index (χ1) is 8.66. The Balaban J connectivity index is 2.02. The number of nitrogens with one attached hydrogen (secondary N) is 2. The lowest BCUT2D eigenvalue weighted by atomic mass is 10.1. The lowest BCUT2D eigenvalue weighted by molar-refractivity contribution is 0.0935. The van der Waals surface area contributed by atoms with Gasteiger partial charge in [0.25, 0.3) is 5.91 Å². The summed E-state index contributed by atoms with van der Waals surface area (Å²) in [7, 11) is 0. The molecule has 0 aromatic heterocycles. The summed E-state index contributed by atoms with van der Waals surface area (Å²) in [6, 6.07) is 5.42. The number of carbonyl (C=O) groups is 1. The van der Waals surface area contributed by atoms with Gasteiger partial charge in [0, 0.05) is 22.1 Å². The Morgan fingerprint density at radius 1 is 1.44 bits per heavy atom. The standard InChI is InChI=1S/C13H16BrClN2O/c14-12-7-9(15)4-5-11(12)13(18)17-10-3-1-2-6-16-8-10/h4-5,7,10,16H,1-3,6,8H2,(H,17,18). The molecule has 1 aliphatic heterocycles. The molecule has 98 valence electrons. The van der Waals surface area contributed by atoms with Crippen LogP contribution in [0.2, 0.25) is 5.02 Å². The fourth-order valence-corrected chi connectivity index (χ4v) is 2.94. The zero-order chi connectivity index (χ0) is 13.0. The van der Waals surface area contributed by atoms with Crippen LogP contribution < -0.4 is 10.6 Å². The molecule has 1 amide bonds. The second-order valence-corrected chi connectivity index (χ2v) is 5.79. The fraction of sp³-hybridized carbons (Fsp3) is 0.462. The van der Waals surface area contributed by atoms with Gasteiger partial charge in [0.05, 0.1) is 5.56 Å². The summed E-state index contributed by atoms with van der Waals surface area (Å²) < 4.78 is 0.731. The molecular weight excluding hydrogens is 316 g/mol. The molecule has 1 saturated heterocycles. The van der Waals surface area contributed by atoms with Crippen LogP contribution in [0.1, 0.15) is 29.6 Å². The number of hydrogen-bond acceptors (Lipinski definition) is 2. The van der Waals surface area contributed by atoms with E-state index in [1.807, 2.05) is 0 Å². The van der Waals surface area contributed by atoms with E-state index >= 15 is 0 Å². The molecule has 1 aromatic carbocycles. The summed E-state index contributed by atoms with van der Waals surface area (Å²) in [5.74, 6) is -0.0489. The molecule has 5 heteroatoms. The average molecular weight is 332 g/mol. The summed E-state index contributed by atoms with van der Waals surface area (Å²) in [4.78, 5) is 12.1. The highest BCUT2D eigenvalue weighted by atomic mass is 79.9. The number of carbonyl (C=O) groups excluding carboxylic acids is 1. The smallest absolute Gasteiger partial charge is 0.252 e. The van der Waals surface area contributed by atoms with Crippen molar-refractivity contribution in [2.75, 3.05) is 13.1 Å². The molecule has 18 heavy (non-hydrogen) atoms. The summed E-state index contributed by atoms with van der Waals surface area (Å²) in [6.07, 6.45) is 3.36. The zero-order valence-electron chi connectivity index (χ0n) is 10.0. The topological polar surface area (TPSA) is 41.1 Å². The molecule has 0 saturated carbocycles. The van der Waals surface area contributed by atoms with Crippen LogP contribution in [0.3, 0.4) is 0 Å². The minimum atomic E-state index is -0.0489. The first-order valence-corrected chi connectivity index (χ1v) is 7.30. The van der Waals surface area contributed by atoms with Gasteiger partial charge in [-0.2, -0.15) is 0 Å². The van der Waals surface area contributed by atoms with Crippen molar-refractivity contribution in [3.63, 3.8) is 0 Å². The van der Waals surface area contributed by atoms with Gasteiger partial charge in [-0.3, -0.25) is 4.79 Å². The van der Waals surface area contributed by atoms with Gasteiger partial charge in [0.2, 0.25) is 0 Å². The van der Waals surface area contributed by atoms with E-state index in [0.29, 0.717) is 10.6 Å². The third kappa shape index (κ3) is 3.70. The quantitative estimate of drug-likeness (QED) is 0.875. The van der Waals surface area contributed by atoms with Crippen molar-refractivity contribution in [1.29, 1.82) is 0 Å². The Morgan fingerprint density at radius 2 is 2.28 bits per heavy atom. The second kappa shape index (κ2) is 6.55. The van der Waals surface area contributed by atoms with Crippen LogP contribution in [-0.4, -0.2) is 25.0 Å². The van der Waals surface area contributed by atoms with Crippen molar-refractivity contribution in [1.82, 2.24) is 10.6 Å². The van der Waals surface area contributed by atoms with E-state index in [0.717, 1.165) is 30.4 Å². The normalized spacial score (nSPS) is 20.2. The Bertz CT molecular complexity index is 431. The van der Waals surface area contributed by atoms with Crippen molar-refractivity contribution in [2.45, 2.75) is 25.3 Å². The molecule has 1 aromatic rings. The van der Waals surface area contributed by atoms with Gasteiger partial charge in [0.1, 0.15) is 0 Å². The highest BCUT2D eigenvalue weighted by Crippen LogP contribution is 2.21. The lowest BCUT2D eigenvalue weighted by Crippen LogP contribution is -2.40. The molecule has 0 bridgehead atoms. The van der Waals surface area contributed by atoms with Gasteiger partial charge in [-0.15, -0.1) is 0 Å². The van der Waals surface area contributed by atoms with Crippen LogP contribution in [0.25, 0.3) is 0 Å². The molecule has 1 unspecified atom stereocenters. The van der Waals surface area contributed by atoms with Gasteiger partial charge < -0.3 is 10.6 Å². The predicted octanol–water partition coefficient (Wildman–Crippen LogP) is 2.97. The van der Waals surface area contributed by atoms with Crippen LogP contribution in [0.4, 0.5) is 0 Å². The van der Waals surface area contributed by atoms with Crippen LogP contribution in [-0.2, 0) is 0 Å².